The molecule has 0 saturated heterocycles. The van der Waals surface area contributed by atoms with Crippen LogP contribution in [0.4, 0.5) is 0 Å². The second-order valence-corrected chi connectivity index (χ2v) is 5.53. The molecule has 0 aromatic heterocycles. The van der Waals surface area contributed by atoms with Crippen molar-refractivity contribution in [1.82, 2.24) is 5.32 Å². The Kier molecular flexibility index (Phi) is 4.94. The van der Waals surface area contributed by atoms with Gasteiger partial charge in [-0.25, -0.2) is 0 Å². The highest BCUT2D eigenvalue weighted by Gasteiger charge is 2.22. The van der Waals surface area contributed by atoms with Gasteiger partial charge in [0.05, 0.1) is 0 Å². The zero-order valence-corrected chi connectivity index (χ0v) is 10.3. The maximum absolute atomic E-state index is 3.75. The van der Waals surface area contributed by atoms with E-state index in [4.69, 9.17) is 0 Å². The molecular weight excluding hydrogens is 170 g/mol. The summed E-state index contributed by atoms with van der Waals surface area (Å²) in [6.07, 6.45) is 7.10. The van der Waals surface area contributed by atoms with Crippen molar-refractivity contribution in [2.75, 3.05) is 0 Å². The van der Waals surface area contributed by atoms with Crippen LogP contribution in [0.5, 0.6) is 0 Å². The van der Waals surface area contributed by atoms with Gasteiger partial charge in [0, 0.05) is 12.1 Å². The second-order valence-electron chi connectivity index (χ2n) is 5.53. The van der Waals surface area contributed by atoms with E-state index >= 15 is 0 Å². The Hall–Kier alpha value is -0.0400. The van der Waals surface area contributed by atoms with Crippen LogP contribution in [-0.4, -0.2) is 12.1 Å². The number of rotatable bonds is 5. The van der Waals surface area contributed by atoms with Crippen LogP contribution in [0.2, 0.25) is 0 Å². The topological polar surface area (TPSA) is 12.0 Å². The van der Waals surface area contributed by atoms with Gasteiger partial charge in [-0.15, -0.1) is 0 Å². The van der Waals surface area contributed by atoms with Crippen LogP contribution in [-0.2, 0) is 0 Å². The lowest BCUT2D eigenvalue weighted by atomic mass is 9.97. The highest BCUT2D eigenvalue weighted by molar-refractivity contribution is 4.79. The van der Waals surface area contributed by atoms with Gasteiger partial charge in [0.2, 0.25) is 0 Å². The summed E-state index contributed by atoms with van der Waals surface area (Å²) in [6, 6.07) is 1.41. The van der Waals surface area contributed by atoms with Crippen LogP contribution in [0.25, 0.3) is 0 Å². The largest absolute Gasteiger partial charge is 0.311 e. The number of hydrogen-bond donors (Lipinski definition) is 1. The molecule has 0 heterocycles. The molecule has 2 atom stereocenters. The summed E-state index contributed by atoms with van der Waals surface area (Å²) in [7, 11) is 0. The Morgan fingerprint density at radius 3 is 2.14 bits per heavy atom. The first-order valence-electron chi connectivity index (χ1n) is 6.35. The zero-order chi connectivity index (χ0) is 10.6. The lowest BCUT2D eigenvalue weighted by Gasteiger charge is -2.25. The molecule has 0 bridgehead atoms. The normalized spacial score (nSPS) is 22.9. The van der Waals surface area contributed by atoms with Crippen molar-refractivity contribution in [2.45, 2.75) is 71.9 Å². The molecule has 1 N–H and O–H groups in total. The minimum atomic E-state index is 0.686. The second kappa shape index (κ2) is 5.75. The third-order valence-corrected chi connectivity index (χ3v) is 3.48. The van der Waals surface area contributed by atoms with Crippen molar-refractivity contribution in [1.29, 1.82) is 0 Å². The minimum Gasteiger partial charge on any atom is -0.311 e. The van der Waals surface area contributed by atoms with Crippen molar-refractivity contribution >= 4 is 0 Å². The molecule has 14 heavy (non-hydrogen) atoms. The summed E-state index contributed by atoms with van der Waals surface area (Å²) in [5.74, 6) is 1.76. The molecule has 0 aliphatic heterocycles. The molecule has 0 spiro atoms. The van der Waals surface area contributed by atoms with Crippen LogP contribution in [0.15, 0.2) is 0 Å². The van der Waals surface area contributed by atoms with E-state index in [0.29, 0.717) is 6.04 Å². The van der Waals surface area contributed by atoms with Crippen molar-refractivity contribution in [3.8, 4) is 0 Å². The highest BCUT2D eigenvalue weighted by Crippen LogP contribution is 2.27. The number of hydrogen-bond acceptors (Lipinski definition) is 1. The standard InChI is InChI=1S/C13H27N/c1-10(2)9-11(3)14-12(4)13-7-5-6-8-13/h10-14H,5-9H2,1-4H3. The van der Waals surface area contributed by atoms with Crippen molar-refractivity contribution in [3.05, 3.63) is 0 Å². The van der Waals surface area contributed by atoms with E-state index in [9.17, 15) is 0 Å². The molecule has 0 aromatic carbocycles. The minimum absolute atomic E-state index is 0.686. The smallest absolute Gasteiger partial charge is 0.00694 e. The molecule has 2 unspecified atom stereocenters. The zero-order valence-electron chi connectivity index (χ0n) is 10.3. The molecule has 1 fully saturated rings. The van der Waals surface area contributed by atoms with E-state index < -0.39 is 0 Å². The highest BCUT2D eigenvalue weighted by atomic mass is 14.9. The first-order valence-corrected chi connectivity index (χ1v) is 6.35. The Morgan fingerprint density at radius 2 is 1.64 bits per heavy atom. The van der Waals surface area contributed by atoms with Crippen LogP contribution >= 0.6 is 0 Å². The van der Waals surface area contributed by atoms with E-state index in [-0.39, 0.29) is 0 Å². The first kappa shape index (κ1) is 12.0. The Morgan fingerprint density at radius 1 is 1.07 bits per heavy atom. The summed E-state index contributed by atoms with van der Waals surface area (Å²) in [5, 5.41) is 3.75. The fourth-order valence-corrected chi connectivity index (χ4v) is 2.82. The summed E-state index contributed by atoms with van der Waals surface area (Å²) in [4.78, 5) is 0. The van der Waals surface area contributed by atoms with Crippen molar-refractivity contribution in [2.24, 2.45) is 11.8 Å². The van der Waals surface area contributed by atoms with E-state index in [1.54, 1.807) is 0 Å². The third-order valence-electron chi connectivity index (χ3n) is 3.48. The fourth-order valence-electron chi connectivity index (χ4n) is 2.82. The predicted molar refractivity (Wildman–Crippen MR) is 63.5 cm³/mol. The molecule has 1 saturated carbocycles. The average molecular weight is 197 g/mol. The Balaban J connectivity index is 2.21. The summed E-state index contributed by atoms with van der Waals surface area (Å²) in [6.45, 7) is 9.30. The van der Waals surface area contributed by atoms with Crippen LogP contribution in [0, 0.1) is 11.8 Å². The molecule has 1 nitrogen and oxygen atoms in total. The lowest BCUT2D eigenvalue weighted by Crippen LogP contribution is -2.39. The molecule has 0 aromatic rings. The molecular formula is C13H27N. The van der Waals surface area contributed by atoms with Gasteiger partial charge < -0.3 is 5.32 Å². The van der Waals surface area contributed by atoms with E-state index in [2.05, 4.69) is 33.0 Å². The quantitative estimate of drug-likeness (QED) is 0.710. The Labute approximate surface area is 89.7 Å². The monoisotopic (exact) mass is 197 g/mol. The summed E-state index contributed by atoms with van der Waals surface area (Å²) in [5.41, 5.74) is 0. The predicted octanol–water partition coefficient (Wildman–Crippen LogP) is 3.59. The SMILES string of the molecule is CC(C)CC(C)NC(C)C1CCCC1. The third kappa shape index (κ3) is 4.00. The maximum Gasteiger partial charge on any atom is 0.00694 e. The van der Waals surface area contributed by atoms with Gasteiger partial charge in [-0.05, 0) is 44.9 Å². The van der Waals surface area contributed by atoms with E-state index in [1.165, 1.54) is 32.1 Å². The van der Waals surface area contributed by atoms with Gasteiger partial charge in [0.1, 0.15) is 0 Å². The molecule has 1 rings (SSSR count). The van der Waals surface area contributed by atoms with Gasteiger partial charge in [-0.2, -0.15) is 0 Å². The van der Waals surface area contributed by atoms with Gasteiger partial charge in [0.25, 0.3) is 0 Å². The van der Waals surface area contributed by atoms with Crippen LogP contribution in [0.1, 0.15) is 59.8 Å². The van der Waals surface area contributed by atoms with E-state index in [0.717, 1.165) is 17.9 Å². The van der Waals surface area contributed by atoms with Gasteiger partial charge >= 0.3 is 0 Å². The van der Waals surface area contributed by atoms with Crippen molar-refractivity contribution in [3.63, 3.8) is 0 Å². The average Bonchev–Trinajstić information content (AvgIpc) is 2.53. The lowest BCUT2D eigenvalue weighted by molar-refractivity contribution is 0.325. The van der Waals surface area contributed by atoms with Gasteiger partial charge in [-0.3, -0.25) is 0 Å². The van der Waals surface area contributed by atoms with Crippen LogP contribution in [0.3, 0.4) is 0 Å². The molecule has 1 heteroatoms. The fraction of sp³-hybridized carbons (Fsp3) is 1.00. The van der Waals surface area contributed by atoms with Crippen LogP contribution < -0.4 is 5.32 Å². The van der Waals surface area contributed by atoms with Gasteiger partial charge in [-0.1, -0.05) is 26.7 Å². The summed E-state index contributed by atoms with van der Waals surface area (Å²) < 4.78 is 0. The molecule has 84 valence electrons. The first-order chi connectivity index (χ1) is 6.59. The van der Waals surface area contributed by atoms with E-state index in [1.807, 2.05) is 0 Å². The maximum atomic E-state index is 3.75. The van der Waals surface area contributed by atoms with Gasteiger partial charge in [0.15, 0.2) is 0 Å². The molecule has 1 aliphatic rings. The Bertz CT molecular complexity index is 147. The number of nitrogens with one attached hydrogen (secondary N) is 1. The summed E-state index contributed by atoms with van der Waals surface area (Å²) >= 11 is 0. The molecule has 1 aliphatic carbocycles. The molecule has 0 radical (unpaired) electrons. The van der Waals surface area contributed by atoms with Crippen molar-refractivity contribution < 1.29 is 0 Å². The molecule has 0 amide bonds.